The lowest BCUT2D eigenvalue weighted by molar-refractivity contribution is -0.124. The molecule has 0 radical (unpaired) electrons. The number of amides is 1. The molecule has 1 atom stereocenters. The fourth-order valence-electron chi connectivity index (χ4n) is 1.09. The monoisotopic (exact) mass is 227 g/mol. The summed E-state index contributed by atoms with van der Waals surface area (Å²) in [4.78, 5) is 11.5. The lowest BCUT2D eigenvalue weighted by Crippen LogP contribution is -2.26. The number of carbonyl (C=O) groups excluding carboxylic acids is 1. The van der Waals surface area contributed by atoms with Crippen LogP contribution in [0.15, 0.2) is 12.4 Å². The Bertz CT molecular complexity index is 338. The highest BCUT2D eigenvalue weighted by molar-refractivity contribution is 5.93. The Balaban J connectivity index is 2.48. The predicted octanol–water partition coefficient (Wildman–Crippen LogP) is 0.503. The molecular weight excluding hydrogens is 210 g/mol. The molecule has 0 aliphatic rings. The Labute approximate surface area is 94.5 Å². The van der Waals surface area contributed by atoms with Crippen molar-refractivity contribution in [1.82, 2.24) is 9.78 Å². The van der Waals surface area contributed by atoms with Crippen molar-refractivity contribution in [2.45, 2.75) is 19.6 Å². The number of nitrogens with one attached hydrogen (secondary N) is 1. The summed E-state index contributed by atoms with van der Waals surface area (Å²) in [5, 5.41) is 6.77. The number of ether oxygens (including phenoxy) is 2. The second kappa shape index (κ2) is 6.24. The number of methoxy groups -OCH3 is 2. The molecule has 0 spiro atoms. The lowest BCUT2D eigenvalue weighted by atomic mass is 10.3. The van der Waals surface area contributed by atoms with E-state index in [-0.39, 0.29) is 5.91 Å². The first-order chi connectivity index (χ1) is 7.67. The van der Waals surface area contributed by atoms with E-state index < -0.39 is 6.10 Å². The lowest BCUT2D eigenvalue weighted by Gasteiger charge is -2.08. The molecule has 0 aliphatic carbocycles. The summed E-state index contributed by atoms with van der Waals surface area (Å²) < 4.78 is 11.5. The zero-order valence-corrected chi connectivity index (χ0v) is 9.77. The molecule has 90 valence electrons. The molecule has 1 aromatic rings. The van der Waals surface area contributed by atoms with E-state index in [1.54, 1.807) is 31.1 Å². The number of hydrogen-bond acceptors (Lipinski definition) is 4. The smallest absolute Gasteiger partial charge is 0.253 e. The highest BCUT2D eigenvalue weighted by Crippen LogP contribution is 2.05. The van der Waals surface area contributed by atoms with Crippen LogP contribution in [0.25, 0.3) is 0 Å². The van der Waals surface area contributed by atoms with E-state index in [1.807, 2.05) is 0 Å². The van der Waals surface area contributed by atoms with Gasteiger partial charge in [-0.25, -0.2) is 0 Å². The Kier molecular flexibility index (Phi) is 4.94. The van der Waals surface area contributed by atoms with Crippen molar-refractivity contribution in [1.29, 1.82) is 0 Å². The number of rotatable bonds is 6. The Morgan fingerprint density at radius 3 is 3.00 bits per heavy atom. The van der Waals surface area contributed by atoms with Crippen LogP contribution in [-0.4, -0.2) is 42.6 Å². The zero-order valence-electron chi connectivity index (χ0n) is 9.77. The van der Waals surface area contributed by atoms with Gasteiger partial charge in [0.15, 0.2) is 0 Å². The quantitative estimate of drug-likeness (QED) is 0.768. The predicted molar refractivity (Wildman–Crippen MR) is 59.2 cm³/mol. The molecular formula is C10H17N3O3. The van der Waals surface area contributed by atoms with Gasteiger partial charge in [0, 0.05) is 20.4 Å². The molecule has 0 saturated carbocycles. The number of carbonyl (C=O) groups is 1. The molecule has 1 amide bonds. The zero-order chi connectivity index (χ0) is 12.0. The minimum absolute atomic E-state index is 0.186. The van der Waals surface area contributed by atoms with Crippen molar-refractivity contribution in [3.63, 3.8) is 0 Å². The number of nitrogens with zero attached hydrogens (tertiary/aromatic N) is 2. The molecule has 1 N–H and O–H groups in total. The van der Waals surface area contributed by atoms with Crippen molar-refractivity contribution in [2.24, 2.45) is 0 Å². The maximum atomic E-state index is 11.5. The average Bonchev–Trinajstić information content (AvgIpc) is 2.72. The topological polar surface area (TPSA) is 65.4 Å². The van der Waals surface area contributed by atoms with E-state index in [0.29, 0.717) is 18.8 Å². The van der Waals surface area contributed by atoms with Crippen LogP contribution in [0.3, 0.4) is 0 Å². The standard InChI is InChI=1S/C10H17N3O3/c1-8(16-3)10(14)12-9-6-11-13(7-9)4-5-15-2/h6-8H,4-5H2,1-3H3,(H,12,14). The van der Waals surface area contributed by atoms with Gasteiger partial charge in [0.05, 0.1) is 25.0 Å². The highest BCUT2D eigenvalue weighted by Gasteiger charge is 2.12. The summed E-state index contributed by atoms with van der Waals surface area (Å²) in [6.45, 7) is 2.93. The third-order valence-electron chi connectivity index (χ3n) is 2.15. The van der Waals surface area contributed by atoms with Gasteiger partial charge in [-0.2, -0.15) is 5.10 Å². The van der Waals surface area contributed by atoms with E-state index in [4.69, 9.17) is 9.47 Å². The van der Waals surface area contributed by atoms with E-state index in [9.17, 15) is 4.79 Å². The highest BCUT2D eigenvalue weighted by atomic mass is 16.5. The van der Waals surface area contributed by atoms with Crippen LogP contribution < -0.4 is 5.32 Å². The van der Waals surface area contributed by atoms with Gasteiger partial charge < -0.3 is 14.8 Å². The van der Waals surface area contributed by atoms with E-state index in [0.717, 1.165) is 0 Å². The van der Waals surface area contributed by atoms with Crippen LogP contribution in [0, 0.1) is 0 Å². The van der Waals surface area contributed by atoms with Crippen LogP contribution in [-0.2, 0) is 20.8 Å². The minimum Gasteiger partial charge on any atom is -0.383 e. The summed E-state index contributed by atoms with van der Waals surface area (Å²) in [5.41, 5.74) is 0.657. The van der Waals surface area contributed by atoms with Crippen molar-refractivity contribution in [3.8, 4) is 0 Å². The van der Waals surface area contributed by atoms with Gasteiger partial charge in [0.25, 0.3) is 5.91 Å². The Morgan fingerprint density at radius 2 is 2.38 bits per heavy atom. The fourth-order valence-corrected chi connectivity index (χ4v) is 1.09. The normalized spacial score (nSPS) is 12.4. The molecule has 6 nitrogen and oxygen atoms in total. The van der Waals surface area contributed by atoms with Gasteiger partial charge in [-0.3, -0.25) is 9.48 Å². The minimum atomic E-state index is -0.470. The van der Waals surface area contributed by atoms with Crippen molar-refractivity contribution >= 4 is 11.6 Å². The molecule has 6 heteroatoms. The first kappa shape index (κ1) is 12.7. The molecule has 0 bridgehead atoms. The molecule has 0 fully saturated rings. The van der Waals surface area contributed by atoms with Gasteiger partial charge in [0.1, 0.15) is 6.10 Å². The molecule has 0 aliphatic heterocycles. The van der Waals surface area contributed by atoms with Crippen LogP contribution in [0.5, 0.6) is 0 Å². The van der Waals surface area contributed by atoms with Crippen molar-refractivity contribution in [3.05, 3.63) is 12.4 Å². The Morgan fingerprint density at radius 1 is 1.62 bits per heavy atom. The van der Waals surface area contributed by atoms with E-state index >= 15 is 0 Å². The Hall–Kier alpha value is -1.40. The van der Waals surface area contributed by atoms with Crippen LogP contribution in [0.1, 0.15) is 6.92 Å². The summed E-state index contributed by atoms with van der Waals surface area (Å²) in [6.07, 6.45) is 2.87. The van der Waals surface area contributed by atoms with Crippen molar-refractivity contribution < 1.29 is 14.3 Å². The summed E-state index contributed by atoms with van der Waals surface area (Å²) in [7, 11) is 3.12. The largest absolute Gasteiger partial charge is 0.383 e. The molecule has 0 aromatic carbocycles. The SMILES string of the molecule is COCCn1cc(NC(=O)C(C)OC)cn1. The maximum Gasteiger partial charge on any atom is 0.253 e. The number of anilines is 1. The molecule has 1 aromatic heterocycles. The molecule has 1 rings (SSSR count). The summed E-state index contributed by atoms with van der Waals surface area (Å²) in [6, 6.07) is 0. The van der Waals surface area contributed by atoms with Gasteiger partial charge in [-0.1, -0.05) is 0 Å². The van der Waals surface area contributed by atoms with Gasteiger partial charge in [-0.05, 0) is 6.92 Å². The van der Waals surface area contributed by atoms with Gasteiger partial charge >= 0.3 is 0 Å². The van der Waals surface area contributed by atoms with Crippen LogP contribution in [0.4, 0.5) is 5.69 Å². The number of aromatic nitrogens is 2. The van der Waals surface area contributed by atoms with Gasteiger partial charge in [0.2, 0.25) is 0 Å². The van der Waals surface area contributed by atoms with Crippen LogP contribution >= 0.6 is 0 Å². The van der Waals surface area contributed by atoms with E-state index in [2.05, 4.69) is 10.4 Å². The summed E-state index contributed by atoms with van der Waals surface area (Å²) in [5.74, 6) is -0.186. The molecule has 1 unspecified atom stereocenters. The first-order valence-corrected chi connectivity index (χ1v) is 5.02. The van der Waals surface area contributed by atoms with Crippen molar-refractivity contribution in [2.75, 3.05) is 26.1 Å². The second-order valence-corrected chi connectivity index (χ2v) is 3.35. The van der Waals surface area contributed by atoms with E-state index in [1.165, 1.54) is 7.11 Å². The second-order valence-electron chi connectivity index (χ2n) is 3.35. The third-order valence-corrected chi connectivity index (χ3v) is 2.15. The average molecular weight is 227 g/mol. The summed E-state index contributed by atoms with van der Waals surface area (Å²) >= 11 is 0. The molecule has 0 saturated heterocycles. The fraction of sp³-hybridized carbons (Fsp3) is 0.600. The third kappa shape index (κ3) is 3.63. The first-order valence-electron chi connectivity index (χ1n) is 5.02. The van der Waals surface area contributed by atoms with Gasteiger partial charge in [-0.15, -0.1) is 0 Å². The van der Waals surface area contributed by atoms with Crippen LogP contribution in [0.2, 0.25) is 0 Å². The number of hydrogen-bond donors (Lipinski definition) is 1. The maximum absolute atomic E-state index is 11.5. The molecule has 1 heterocycles. The molecule has 16 heavy (non-hydrogen) atoms.